The fourth-order valence-electron chi connectivity index (χ4n) is 2.54. The number of carbonyl (C=O) groups is 1. The maximum Gasteiger partial charge on any atom is 0.259 e. The summed E-state index contributed by atoms with van der Waals surface area (Å²) in [6.45, 7) is 8.80. The number of hydrogen-bond acceptors (Lipinski definition) is 2. The average Bonchev–Trinajstić information content (AvgIpc) is 2.60. The molecule has 0 aromatic heterocycles. The van der Waals surface area contributed by atoms with E-state index in [1.54, 1.807) is 4.90 Å². The number of nitrogens with zero attached hydrogens (tertiary/aromatic N) is 1. The highest BCUT2D eigenvalue weighted by atomic mass is 16.2. The predicted molar refractivity (Wildman–Crippen MR) is 73.9 cm³/mol. The summed E-state index contributed by atoms with van der Waals surface area (Å²) in [5, 5.41) is 0. The molecule has 1 atom stereocenters. The third-order valence-corrected chi connectivity index (χ3v) is 3.36. The highest BCUT2D eigenvalue weighted by Gasteiger charge is 2.35. The Bertz CT molecular complexity index is 444. The molecule has 1 unspecified atom stereocenters. The molecule has 0 aliphatic carbocycles. The van der Waals surface area contributed by atoms with Gasteiger partial charge in [0.25, 0.3) is 5.91 Å². The van der Waals surface area contributed by atoms with Crippen LogP contribution in [0, 0.1) is 5.92 Å². The lowest BCUT2D eigenvalue weighted by Crippen LogP contribution is -2.40. The van der Waals surface area contributed by atoms with Gasteiger partial charge in [0, 0.05) is 29.4 Å². The Morgan fingerprint density at radius 2 is 1.89 bits per heavy atom. The van der Waals surface area contributed by atoms with E-state index in [2.05, 4.69) is 20.4 Å². The van der Waals surface area contributed by atoms with Gasteiger partial charge in [0.05, 0.1) is 0 Å². The zero-order chi connectivity index (χ0) is 13.3. The number of amides is 1. The lowest BCUT2D eigenvalue weighted by atomic mass is 10.0. The van der Waals surface area contributed by atoms with Crippen LogP contribution in [0.4, 0.5) is 0 Å². The number of benzene rings is 1. The molecule has 1 amide bonds. The maximum atomic E-state index is 12.4. The van der Waals surface area contributed by atoms with Gasteiger partial charge in [-0.05, 0) is 18.4 Å². The van der Waals surface area contributed by atoms with E-state index >= 15 is 0 Å². The van der Waals surface area contributed by atoms with Gasteiger partial charge < -0.3 is 10.6 Å². The van der Waals surface area contributed by atoms with Crippen molar-refractivity contribution >= 4 is 11.6 Å². The quantitative estimate of drug-likeness (QED) is 0.884. The first-order valence-electron chi connectivity index (χ1n) is 6.38. The second-order valence-corrected chi connectivity index (χ2v) is 5.19. The third-order valence-electron chi connectivity index (χ3n) is 3.36. The number of carbonyl (C=O) groups excluding carboxylic acids is 1. The van der Waals surface area contributed by atoms with Crippen molar-refractivity contribution in [1.82, 2.24) is 4.90 Å². The van der Waals surface area contributed by atoms with Crippen molar-refractivity contribution in [1.29, 1.82) is 0 Å². The van der Waals surface area contributed by atoms with Gasteiger partial charge in [-0.25, -0.2) is 0 Å². The summed E-state index contributed by atoms with van der Waals surface area (Å²) < 4.78 is 0. The summed E-state index contributed by atoms with van der Waals surface area (Å²) in [5.74, 6) is 0.537. The summed E-state index contributed by atoms with van der Waals surface area (Å²) in [6.07, 6.45) is 0.898. The van der Waals surface area contributed by atoms with Crippen molar-refractivity contribution in [3.8, 4) is 0 Å². The number of nitrogens with two attached hydrogens (primary N) is 1. The fourth-order valence-corrected chi connectivity index (χ4v) is 2.54. The van der Waals surface area contributed by atoms with Gasteiger partial charge in [-0.15, -0.1) is 0 Å². The van der Waals surface area contributed by atoms with Crippen LogP contribution in [0.2, 0.25) is 0 Å². The van der Waals surface area contributed by atoms with Crippen LogP contribution in [0.3, 0.4) is 0 Å². The summed E-state index contributed by atoms with van der Waals surface area (Å²) in [7, 11) is 0. The molecule has 0 fully saturated rings. The molecule has 3 heteroatoms. The Morgan fingerprint density at radius 3 is 2.39 bits per heavy atom. The van der Waals surface area contributed by atoms with Gasteiger partial charge >= 0.3 is 0 Å². The van der Waals surface area contributed by atoms with Crippen LogP contribution in [0.15, 0.2) is 30.8 Å². The lowest BCUT2D eigenvalue weighted by molar-refractivity contribution is 0.0795. The predicted octanol–water partition coefficient (Wildman–Crippen LogP) is 2.49. The Hall–Kier alpha value is -1.61. The minimum atomic E-state index is 0.0340. The molecule has 1 aromatic rings. The SMILES string of the molecule is C=C1c2ccccc2C(=O)N1C(CN)CC(C)C. The molecular formula is C15H20N2O. The molecule has 3 nitrogen and oxygen atoms in total. The first-order chi connectivity index (χ1) is 8.56. The van der Waals surface area contributed by atoms with Gasteiger partial charge in [0.1, 0.15) is 0 Å². The number of fused-ring (bicyclic) bond motifs is 1. The summed E-state index contributed by atoms with van der Waals surface area (Å²) in [6, 6.07) is 7.65. The molecule has 1 aliphatic rings. The Kier molecular flexibility index (Phi) is 3.53. The third kappa shape index (κ3) is 2.06. The molecule has 0 radical (unpaired) electrons. The average molecular weight is 244 g/mol. The van der Waals surface area contributed by atoms with E-state index in [1.807, 2.05) is 24.3 Å². The van der Waals surface area contributed by atoms with Crippen LogP contribution in [0.25, 0.3) is 5.70 Å². The molecule has 2 rings (SSSR count). The van der Waals surface area contributed by atoms with Gasteiger partial charge in [-0.1, -0.05) is 38.6 Å². The van der Waals surface area contributed by atoms with E-state index in [0.29, 0.717) is 12.5 Å². The van der Waals surface area contributed by atoms with E-state index in [4.69, 9.17) is 5.73 Å². The first kappa shape index (κ1) is 12.8. The van der Waals surface area contributed by atoms with Crippen LogP contribution < -0.4 is 5.73 Å². The molecule has 0 bridgehead atoms. The van der Waals surface area contributed by atoms with E-state index in [1.165, 1.54) is 0 Å². The molecule has 1 heterocycles. The topological polar surface area (TPSA) is 46.3 Å². The second-order valence-electron chi connectivity index (χ2n) is 5.19. The number of hydrogen-bond donors (Lipinski definition) is 1. The number of rotatable bonds is 4. The smallest absolute Gasteiger partial charge is 0.259 e. The van der Waals surface area contributed by atoms with Crippen molar-refractivity contribution in [2.24, 2.45) is 11.7 Å². The largest absolute Gasteiger partial charge is 0.328 e. The van der Waals surface area contributed by atoms with Crippen LogP contribution >= 0.6 is 0 Å². The molecule has 96 valence electrons. The molecule has 0 spiro atoms. The monoisotopic (exact) mass is 244 g/mol. The Labute approximate surface area is 108 Å². The maximum absolute atomic E-state index is 12.4. The van der Waals surface area contributed by atoms with Gasteiger partial charge in [0.2, 0.25) is 0 Å². The van der Waals surface area contributed by atoms with E-state index in [-0.39, 0.29) is 11.9 Å². The van der Waals surface area contributed by atoms with Crippen molar-refractivity contribution in [2.45, 2.75) is 26.3 Å². The van der Waals surface area contributed by atoms with Crippen molar-refractivity contribution in [3.63, 3.8) is 0 Å². The molecule has 18 heavy (non-hydrogen) atoms. The molecule has 1 aliphatic heterocycles. The summed E-state index contributed by atoms with van der Waals surface area (Å²) >= 11 is 0. The molecule has 0 saturated heterocycles. The van der Waals surface area contributed by atoms with Crippen molar-refractivity contribution in [2.75, 3.05) is 6.54 Å². The summed E-state index contributed by atoms with van der Waals surface area (Å²) in [4.78, 5) is 14.2. The van der Waals surface area contributed by atoms with E-state index in [0.717, 1.165) is 23.2 Å². The summed E-state index contributed by atoms with van der Waals surface area (Å²) in [5.41, 5.74) is 8.28. The minimum Gasteiger partial charge on any atom is -0.328 e. The van der Waals surface area contributed by atoms with E-state index < -0.39 is 0 Å². The van der Waals surface area contributed by atoms with Crippen molar-refractivity contribution < 1.29 is 4.79 Å². The van der Waals surface area contributed by atoms with Crippen molar-refractivity contribution in [3.05, 3.63) is 42.0 Å². The van der Waals surface area contributed by atoms with Crippen LogP contribution in [-0.2, 0) is 0 Å². The minimum absolute atomic E-state index is 0.0340. The fraction of sp³-hybridized carbons (Fsp3) is 0.400. The molecule has 2 N–H and O–H groups in total. The van der Waals surface area contributed by atoms with Crippen LogP contribution in [0.5, 0.6) is 0 Å². The van der Waals surface area contributed by atoms with E-state index in [9.17, 15) is 4.79 Å². The highest BCUT2D eigenvalue weighted by molar-refractivity contribution is 6.09. The highest BCUT2D eigenvalue weighted by Crippen LogP contribution is 2.34. The van der Waals surface area contributed by atoms with Gasteiger partial charge in [0.15, 0.2) is 0 Å². The normalized spacial score (nSPS) is 16.3. The zero-order valence-corrected chi connectivity index (χ0v) is 11.0. The molecule has 0 saturated carbocycles. The van der Waals surface area contributed by atoms with Gasteiger partial charge in [-0.2, -0.15) is 0 Å². The van der Waals surface area contributed by atoms with Gasteiger partial charge in [-0.3, -0.25) is 4.79 Å². The first-order valence-corrected chi connectivity index (χ1v) is 6.38. The zero-order valence-electron chi connectivity index (χ0n) is 11.0. The Balaban J connectivity index is 2.32. The van der Waals surface area contributed by atoms with Crippen LogP contribution in [-0.4, -0.2) is 23.4 Å². The Morgan fingerprint density at radius 1 is 1.28 bits per heavy atom. The molecular weight excluding hydrogens is 224 g/mol. The standard InChI is InChI=1S/C15H20N2O/c1-10(2)8-12(9-16)17-11(3)13-6-4-5-7-14(13)15(17)18/h4-7,10,12H,3,8-9,16H2,1-2H3. The molecule has 1 aromatic carbocycles. The van der Waals surface area contributed by atoms with Crippen LogP contribution in [0.1, 0.15) is 36.2 Å². The lowest BCUT2D eigenvalue weighted by Gasteiger charge is -2.29. The second kappa shape index (κ2) is 4.94.